The molecule has 12 heteroatoms. The number of hydrogen-bond donors (Lipinski definition) is 1. The fourth-order valence-corrected chi connectivity index (χ4v) is 3.58. The Hall–Kier alpha value is -3.41. The molecule has 1 aromatic heterocycles. The summed E-state index contributed by atoms with van der Waals surface area (Å²) in [6.45, 7) is 2.29. The van der Waals surface area contributed by atoms with Crippen molar-refractivity contribution >= 4 is 29.0 Å². The van der Waals surface area contributed by atoms with Crippen LogP contribution in [0.25, 0.3) is 11.4 Å². The molecule has 0 saturated heterocycles. The Balaban J connectivity index is 1.72. The van der Waals surface area contributed by atoms with Gasteiger partial charge in [-0.25, -0.2) is 0 Å². The van der Waals surface area contributed by atoms with Crippen LogP contribution in [-0.2, 0) is 17.5 Å². The Labute approximate surface area is 178 Å². The van der Waals surface area contributed by atoms with Gasteiger partial charge in [0.2, 0.25) is 5.91 Å². The first-order chi connectivity index (χ1) is 14.7. The van der Waals surface area contributed by atoms with Gasteiger partial charge in [-0.2, -0.15) is 13.2 Å². The van der Waals surface area contributed by atoms with Crippen molar-refractivity contribution in [2.75, 3.05) is 11.1 Å². The van der Waals surface area contributed by atoms with Crippen LogP contribution in [0.4, 0.5) is 24.5 Å². The molecule has 0 saturated carbocycles. The van der Waals surface area contributed by atoms with Crippen molar-refractivity contribution in [2.45, 2.75) is 24.8 Å². The predicted molar refractivity (Wildman–Crippen MR) is 109 cm³/mol. The van der Waals surface area contributed by atoms with Crippen molar-refractivity contribution in [2.24, 2.45) is 0 Å². The van der Waals surface area contributed by atoms with E-state index in [1.54, 1.807) is 16.7 Å². The number of carbonyl (C=O) groups excluding carboxylic acids is 1. The minimum absolute atomic E-state index is 0.0586. The predicted octanol–water partition coefficient (Wildman–Crippen LogP) is 4.62. The van der Waals surface area contributed by atoms with Crippen LogP contribution in [0.3, 0.4) is 0 Å². The summed E-state index contributed by atoms with van der Waals surface area (Å²) in [6, 6.07) is 10.5. The first-order valence-electron chi connectivity index (χ1n) is 8.97. The molecule has 0 atom stereocenters. The van der Waals surface area contributed by atoms with Crippen molar-refractivity contribution in [3.05, 3.63) is 64.2 Å². The lowest BCUT2D eigenvalue weighted by molar-refractivity contribution is -0.384. The monoisotopic (exact) mass is 451 g/mol. The molecule has 8 nitrogen and oxygen atoms in total. The number of non-ortho nitro benzene ring substituents is 1. The van der Waals surface area contributed by atoms with Crippen molar-refractivity contribution in [1.82, 2.24) is 14.8 Å². The van der Waals surface area contributed by atoms with E-state index in [-0.39, 0.29) is 17.1 Å². The van der Waals surface area contributed by atoms with Gasteiger partial charge in [-0.3, -0.25) is 14.9 Å². The van der Waals surface area contributed by atoms with Gasteiger partial charge in [0, 0.05) is 24.2 Å². The summed E-state index contributed by atoms with van der Waals surface area (Å²) in [5, 5.41) is 21.6. The molecule has 0 spiro atoms. The first kappa shape index (κ1) is 22.3. The van der Waals surface area contributed by atoms with Gasteiger partial charge in [0.05, 0.1) is 21.9 Å². The second-order valence-corrected chi connectivity index (χ2v) is 7.18. The van der Waals surface area contributed by atoms with Crippen molar-refractivity contribution < 1.29 is 22.9 Å². The lowest BCUT2D eigenvalue weighted by Gasteiger charge is -2.13. The SMILES string of the molecule is CCn1c(SCC(=O)Nc2ccccc2C(F)(F)F)nnc1-c1ccc([N+](=O)[O-])cc1. The summed E-state index contributed by atoms with van der Waals surface area (Å²) in [5.41, 5.74) is -0.693. The Kier molecular flexibility index (Phi) is 6.59. The molecule has 0 aliphatic heterocycles. The highest BCUT2D eigenvalue weighted by Gasteiger charge is 2.33. The van der Waals surface area contributed by atoms with Crippen LogP contribution in [0.1, 0.15) is 12.5 Å². The molecule has 0 fully saturated rings. The normalized spacial score (nSPS) is 11.4. The van der Waals surface area contributed by atoms with Gasteiger partial charge in [0.25, 0.3) is 5.69 Å². The average molecular weight is 451 g/mol. The number of hydrogen-bond acceptors (Lipinski definition) is 6. The van der Waals surface area contributed by atoms with Gasteiger partial charge in [-0.05, 0) is 31.2 Å². The van der Waals surface area contributed by atoms with Crippen LogP contribution in [0.5, 0.6) is 0 Å². The Morgan fingerprint density at radius 3 is 2.45 bits per heavy atom. The molecular formula is C19H16F3N5O3S. The second-order valence-electron chi connectivity index (χ2n) is 6.23. The highest BCUT2D eigenvalue weighted by atomic mass is 32.2. The van der Waals surface area contributed by atoms with Gasteiger partial charge in [0.1, 0.15) is 0 Å². The summed E-state index contributed by atoms with van der Waals surface area (Å²) < 4.78 is 40.9. The van der Waals surface area contributed by atoms with E-state index in [9.17, 15) is 28.1 Å². The minimum Gasteiger partial charge on any atom is -0.325 e. The molecule has 31 heavy (non-hydrogen) atoms. The number of aromatic nitrogens is 3. The van der Waals surface area contributed by atoms with Crippen LogP contribution in [0.2, 0.25) is 0 Å². The van der Waals surface area contributed by atoms with E-state index >= 15 is 0 Å². The van der Waals surface area contributed by atoms with E-state index in [1.165, 1.54) is 30.3 Å². The number of nitro groups is 1. The Morgan fingerprint density at radius 2 is 1.84 bits per heavy atom. The number of nitrogens with one attached hydrogen (secondary N) is 1. The van der Waals surface area contributed by atoms with Gasteiger partial charge in [-0.1, -0.05) is 23.9 Å². The van der Waals surface area contributed by atoms with E-state index in [1.807, 2.05) is 6.92 Å². The largest absolute Gasteiger partial charge is 0.418 e. The number of rotatable bonds is 7. The summed E-state index contributed by atoms with van der Waals surface area (Å²) in [4.78, 5) is 22.5. The minimum atomic E-state index is -4.58. The quantitative estimate of drug-likeness (QED) is 0.319. The molecule has 162 valence electrons. The molecule has 0 unspecified atom stereocenters. The molecule has 2 aromatic carbocycles. The summed E-state index contributed by atoms with van der Waals surface area (Å²) >= 11 is 1.02. The van der Waals surface area contributed by atoms with Crippen LogP contribution >= 0.6 is 11.8 Å². The molecule has 1 amide bonds. The van der Waals surface area contributed by atoms with E-state index in [0.717, 1.165) is 17.8 Å². The first-order valence-corrected chi connectivity index (χ1v) is 9.96. The van der Waals surface area contributed by atoms with Crippen LogP contribution < -0.4 is 5.32 Å². The van der Waals surface area contributed by atoms with Crippen molar-refractivity contribution in [1.29, 1.82) is 0 Å². The maximum absolute atomic E-state index is 13.1. The average Bonchev–Trinajstić information content (AvgIpc) is 3.15. The van der Waals surface area contributed by atoms with Crippen LogP contribution in [-0.4, -0.2) is 31.3 Å². The lowest BCUT2D eigenvalue weighted by Crippen LogP contribution is -2.18. The summed E-state index contributed by atoms with van der Waals surface area (Å²) in [7, 11) is 0. The number of amides is 1. The molecule has 0 aliphatic carbocycles. The molecule has 0 radical (unpaired) electrons. The maximum Gasteiger partial charge on any atom is 0.418 e. The van der Waals surface area contributed by atoms with E-state index < -0.39 is 22.6 Å². The third-order valence-electron chi connectivity index (χ3n) is 4.21. The molecular weight excluding hydrogens is 435 g/mol. The molecule has 0 aliphatic rings. The van der Waals surface area contributed by atoms with Gasteiger partial charge >= 0.3 is 6.18 Å². The number of nitro benzene ring substituents is 1. The fraction of sp³-hybridized carbons (Fsp3) is 0.211. The lowest BCUT2D eigenvalue weighted by atomic mass is 10.1. The van der Waals surface area contributed by atoms with Crippen molar-refractivity contribution in [3.8, 4) is 11.4 Å². The molecule has 0 bridgehead atoms. The third kappa shape index (κ3) is 5.20. The third-order valence-corrected chi connectivity index (χ3v) is 5.18. The van der Waals surface area contributed by atoms with E-state index in [0.29, 0.717) is 23.1 Å². The maximum atomic E-state index is 13.1. The highest BCUT2D eigenvalue weighted by Crippen LogP contribution is 2.34. The summed E-state index contributed by atoms with van der Waals surface area (Å²) in [5.74, 6) is -0.336. The Bertz CT molecular complexity index is 1100. The fourth-order valence-electron chi connectivity index (χ4n) is 2.78. The molecule has 1 N–H and O–H groups in total. The number of nitrogens with zero attached hydrogens (tertiary/aromatic N) is 4. The number of alkyl halides is 3. The zero-order valence-corrected chi connectivity index (χ0v) is 16.9. The Morgan fingerprint density at radius 1 is 1.16 bits per heavy atom. The standard InChI is InChI=1S/C19H16F3N5O3S/c1-2-26-17(12-7-9-13(10-8-12)27(29)30)24-25-18(26)31-11-16(28)23-15-6-4-3-5-14(15)19(20,21)22/h3-10H,2,11H2,1H3,(H,23,28). The zero-order valence-electron chi connectivity index (χ0n) is 16.1. The number of anilines is 1. The zero-order chi connectivity index (χ0) is 22.6. The number of carbonyl (C=O) groups is 1. The second kappa shape index (κ2) is 9.16. The number of halogens is 3. The highest BCUT2D eigenvalue weighted by molar-refractivity contribution is 7.99. The smallest absolute Gasteiger partial charge is 0.325 e. The number of benzene rings is 2. The van der Waals surface area contributed by atoms with Crippen LogP contribution in [0, 0.1) is 10.1 Å². The van der Waals surface area contributed by atoms with Gasteiger partial charge in [0.15, 0.2) is 11.0 Å². The number of para-hydroxylation sites is 1. The van der Waals surface area contributed by atoms with Crippen molar-refractivity contribution in [3.63, 3.8) is 0 Å². The van der Waals surface area contributed by atoms with Gasteiger partial charge in [-0.15, -0.1) is 10.2 Å². The molecule has 3 rings (SSSR count). The summed E-state index contributed by atoms with van der Waals surface area (Å²) in [6.07, 6.45) is -4.58. The van der Waals surface area contributed by atoms with E-state index in [4.69, 9.17) is 0 Å². The molecule has 3 aromatic rings. The van der Waals surface area contributed by atoms with E-state index in [2.05, 4.69) is 15.5 Å². The van der Waals surface area contributed by atoms with Crippen LogP contribution in [0.15, 0.2) is 53.7 Å². The topological polar surface area (TPSA) is 103 Å². The van der Waals surface area contributed by atoms with Gasteiger partial charge < -0.3 is 9.88 Å². The molecule has 1 heterocycles. The number of thioether (sulfide) groups is 1.